The zero-order valence-corrected chi connectivity index (χ0v) is 19.1. The predicted molar refractivity (Wildman–Crippen MR) is 123 cm³/mol. The van der Waals surface area contributed by atoms with Gasteiger partial charge in [-0.1, -0.05) is 35.9 Å². The molecule has 0 bridgehead atoms. The van der Waals surface area contributed by atoms with Crippen LogP contribution < -0.4 is 4.74 Å². The van der Waals surface area contributed by atoms with Crippen LogP contribution in [0.5, 0.6) is 5.75 Å². The summed E-state index contributed by atoms with van der Waals surface area (Å²) in [5, 5.41) is 19.9. The summed E-state index contributed by atoms with van der Waals surface area (Å²) in [5.41, 5.74) is 3.71. The van der Waals surface area contributed by atoms with Crippen LogP contribution in [0, 0.1) is 5.92 Å². The summed E-state index contributed by atoms with van der Waals surface area (Å²) in [6.07, 6.45) is 3.23. The number of aliphatic hydroxyl groups excluding tert-OH is 1. The van der Waals surface area contributed by atoms with Gasteiger partial charge >= 0.3 is 5.97 Å². The molecule has 5 nitrogen and oxygen atoms in total. The Balaban J connectivity index is 1.44. The third-order valence-corrected chi connectivity index (χ3v) is 6.42. The van der Waals surface area contributed by atoms with Crippen LogP contribution in [0.1, 0.15) is 29.5 Å². The molecule has 0 unspecified atom stereocenters. The van der Waals surface area contributed by atoms with Crippen LogP contribution in [0.15, 0.2) is 42.5 Å². The minimum atomic E-state index is -0.862. The number of aliphatic hydroxyl groups is 1. The predicted octanol–water partition coefficient (Wildman–Crippen LogP) is 3.98. The van der Waals surface area contributed by atoms with E-state index in [2.05, 4.69) is 38.4 Å². The smallest absolute Gasteiger partial charge is 0.303 e. The average Bonchev–Trinajstić information content (AvgIpc) is 3.13. The molecule has 31 heavy (non-hydrogen) atoms. The van der Waals surface area contributed by atoms with Crippen molar-refractivity contribution in [2.75, 3.05) is 33.8 Å². The SMILES string of the molecule is C[N+](C)(CCC1Cc2ccccc2C1)C[C@@H](O)COc1ccc(Cl)c(CCC(=O)O)c1. The number of quaternary nitrogens is 1. The number of likely N-dealkylation sites (N-methyl/N-ethyl adjacent to an activating group) is 1. The number of halogens is 1. The van der Waals surface area contributed by atoms with E-state index < -0.39 is 12.1 Å². The molecule has 0 spiro atoms. The molecule has 0 saturated carbocycles. The Morgan fingerprint density at radius 3 is 2.52 bits per heavy atom. The van der Waals surface area contributed by atoms with E-state index in [4.69, 9.17) is 21.4 Å². The topological polar surface area (TPSA) is 66.8 Å². The summed E-state index contributed by atoms with van der Waals surface area (Å²) in [5.74, 6) is 0.415. The number of rotatable bonds is 11. The van der Waals surface area contributed by atoms with E-state index in [0.717, 1.165) is 35.9 Å². The largest absolute Gasteiger partial charge is 0.491 e. The number of ether oxygens (including phenoxy) is 1. The van der Waals surface area contributed by atoms with Gasteiger partial charge in [-0.2, -0.15) is 0 Å². The minimum absolute atomic E-state index is 0.0174. The number of nitrogens with zero attached hydrogens (tertiary/aromatic N) is 1. The second kappa shape index (κ2) is 10.5. The molecule has 2 aromatic carbocycles. The number of aryl methyl sites for hydroxylation is 1. The Morgan fingerprint density at radius 1 is 1.19 bits per heavy atom. The van der Waals surface area contributed by atoms with Gasteiger partial charge in [-0.3, -0.25) is 4.79 Å². The van der Waals surface area contributed by atoms with Gasteiger partial charge in [0.2, 0.25) is 0 Å². The quantitative estimate of drug-likeness (QED) is 0.512. The normalized spacial score (nSPS) is 15.0. The molecule has 0 aromatic heterocycles. The second-order valence-electron chi connectivity index (χ2n) is 9.29. The van der Waals surface area contributed by atoms with Gasteiger partial charge in [0, 0.05) is 17.9 Å². The first-order valence-corrected chi connectivity index (χ1v) is 11.3. The fourth-order valence-electron chi connectivity index (χ4n) is 4.37. The van der Waals surface area contributed by atoms with E-state index in [1.54, 1.807) is 18.2 Å². The minimum Gasteiger partial charge on any atom is -0.491 e. The van der Waals surface area contributed by atoms with Gasteiger partial charge in [0.1, 0.15) is 25.0 Å². The number of fused-ring (bicyclic) bond motifs is 1. The zero-order chi connectivity index (χ0) is 22.4. The number of hydrogen-bond donors (Lipinski definition) is 2. The van der Waals surface area contributed by atoms with Crippen molar-refractivity contribution >= 4 is 17.6 Å². The molecular weight excluding hydrogens is 414 g/mol. The first kappa shape index (κ1) is 23.6. The molecule has 0 aliphatic heterocycles. The molecule has 1 atom stereocenters. The van der Waals surface area contributed by atoms with Crippen molar-refractivity contribution in [3.8, 4) is 5.75 Å². The Labute approximate surface area is 189 Å². The molecule has 0 saturated heterocycles. The van der Waals surface area contributed by atoms with Crippen molar-refractivity contribution in [3.63, 3.8) is 0 Å². The van der Waals surface area contributed by atoms with Crippen molar-refractivity contribution in [2.24, 2.45) is 5.92 Å². The Kier molecular flexibility index (Phi) is 7.98. The lowest BCUT2D eigenvalue weighted by Crippen LogP contribution is -2.48. The van der Waals surface area contributed by atoms with Gasteiger partial charge in [0.25, 0.3) is 0 Å². The van der Waals surface area contributed by atoms with Crippen molar-refractivity contribution in [2.45, 2.75) is 38.2 Å². The first-order valence-electron chi connectivity index (χ1n) is 10.9. The maximum Gasteiger partial charge on any atom is 0.303 e. The van der Waals surface area contributed by atoms with Crippen LogP contribution in [0.3, 0.4) is 0 Å². The number of hydrogen-bond acceptors (Lipinski definition) is 3. The monoisotopic (exact) mass is 446 g/mol. The number of carbonyl (C=O) groups is 1. The molecule has 1 aliphatic carbocycles. The lowest BCUT2D eigenvalue weighted by Gasteiger charge is -2.32. The van der Waals surface area contributed by atoms with Crippen LogP contribution in [0.4, 0.5) is 0 Å². The van der Waals surface area contributed by atoms with Crippen LogP contribution in [0.25, 0.3) is 0 Å². The molecule has 0 heterocycles. The summed E-state index contributed by atoms with van der Waals surface area (Å²) in [6.45, 7) is 1.81. The maximum atomic E-state index is 10.8. The summed E-state index contributed by atoms with van der Waals surface area (Å²) >= 11 is 6.15. The third kappa shape index (κ3) is 7.23. The Morgan fingerprint density at radius 2 is 1.87 bits per heavy atom. The standard InChI is InChI=1S/C25H32ClNO4/c1-27(2,12-11-18-13-19-5-3-4-6-20(19)14-18)16-22(28)17-31-23-8-9-24(26)21(15-23)7-10-25(29)30/h3-6,8-9,15,18,22,28H,7,10-14,16-17H2,1-2H3/p+1/t22-/m1/s1. The third-order valence-electron chi connectivity index (χ3n) is 6.05. The molecule has 0 amide bonds. The van der Waals surface area contributed by atoms with Crippen molar-refractivity contribution in [3.05, 3.63) is 64.2 Å². The van der Waals surface area contributed by atoms with Crippen LogP contribution in [-0.4, -0.2) is 60.6 Å². The molecule has 2 N–H and O–H groups in total. The lowest BCUT2D eigenvalue weighted by atomic mass is 10.0. The molecule has 0 fully saturated rings. The number of carboxylic acids is 1. The van der Waals surface area contributed by atoms with E-state index in [-0.39, 0.29) is 13.0 Å². The van der Waals surface area contributed by atoms with Crippen LogP contribution in [-0.2, 0) is 24.1 Å². The van der Waals surface area contributed by atoms with Crippen molar-refractivity contribution < 1.29 is 24.2 Å². The summed E-state index contributed by atoms with van der Waals surface area (Å²) in [6, 6.07) is 13.9. The van der Waals surface area contributed by atoms with E-state index >= 15 is 0 Å². The van der Waals surface area contributed by atoms with Gasteiger partial charge in [-0.05, 0) is 60.1 Å². The number of aliphatic carboxylic acids is 1. The van der Waals surface area contributed by atoms with Crippen LogP contribution in [0.2, 0.25) is 5.02 Å². The second-order valence-corrected chi connectivity index (χ2v) is 9.69. The Bertz CT molecular complexity index is 874. The average molecular weight is 447 g/mol. The van der Waals surface area contributed by atoms with Gasteiger partial charge in [0.15, 0.2) is 0 Å². The zero-order valence-electron chi connectivity index (χ0n) is 18.4. The molecule has 3 rings (SSSR count). The number of carboxylic acid groups (broad SMARTS) is 1. The summed E-state index contributed by atoms with van der Waals surface area (Å²) in [4.78, 5) is 10.8. The first-order chi connectivity index (χ1) is 14.7. The van der Waals surface area contributed by atoms with Gasteiger partial charge < -0.3 is 19.4 Å². The summed E-state index contributed by atoms with van der Waals surface area (Å²) < 4.78 is 6.51. The molecule has 0 radical (unpaired) electrons. The number of benzene rings is 2. The fourth-order valence-corrected chi connectivity index (χ4v) is 4.58. The van der Waals surface area contributed by atoms with Gasteiger partial charge in [-0.15, -0.1) is 0 Å². The van der Waals surface area contributed by atoms with Crippen LogP contribution >= 0.6 is 11.6 Å². The molecule has 6 heteroatoms. The highest BCUT2D eigenvalue weighted by molar-refractivity contribution is 6.31. The van der Waals surface area contributed by atoms with Crippen molar-refractivity contribution in [1.82, 2.24) is 0 Å². The van der Waals surface area contributed by atoms with Crippen molar-refractivity contribution in [1.29, 1.82) is 0 Å². The highest BCUT2D eigenvalue weighted by Gasteiger charge is 2.26. The van der Waals surface area contributed by atoms with E-state index in [1.807, 2.05) is 0 Å². The highest BCUT2D eigenvalue weighted by atomic mass is 35.5. The molecule has 168 valence electrons. The van der Waals surface area contributed by atoms with E-state index in [0.29, 0.717) is 29.7 Å². The Hall–Kier alpha value is -2.08. The van der Waals surface area contributed by atoms with Gasteiger partial charge in [-0.25, -0.2) is 0 Å². The lowest BCUT2D eigenvalue weighted by molar-refractivity contribution is -0.894. The fraction of sp³-hybridized carbons (Fsp3) is 0.480. The van der Waals surface area contributed by atoms with E-state index in [1.165, 1.54) is 11.1 Å². The molecule has 1 aliphatic rings. The van der Waals surface area contributed by atoms with Gasteiger partial charge in [0.05, 0.1) is 20.6 Å². The van der Waals surface area contributed by atoms with E-state index in [9.17, 15) is 9.90 Å². The summed E-state index contributed by atoms with van der Waals surface area (Å²) in [7, 11) is 4.30. The highest BCUT2D eigenvalue weighted by Crippen LogP contribution is 2.29. The maximum absolute atomic E-state index is 10.8. The molecule has 2 aromatic rings. The molecular formula is C25H33ClNO4+.